The molecule has 0 spiro atoms. The number of hydrogen-bond acceptors (Lipinski definition) is 3. The van der Waals surface area contributed by atoms with E-state index in [4.69, 9.17) is 4.74 Å². The van der Waals surface area contributed by atoms with E-state index in [0.29, 0.717) is 11.8 Å². The summed E-state index contributed by atoms with van der Waals surface area (Å²) in [6, 6.07) is 7.48. The van der Waals surface area contributed by atoms with Crippen LogP contribution in [0.5, 0.6) is 5.75 Å². The largest absolute Gasteiger partial charge is 0.484 e. The number of nitrogens with one attached hydrogen (secondary N) is 1. The van der Waals surface area contributed by atoms with Crippen molar-refractivity contribution in [1.82, 2.24) is 5.32 Å². The van der Waals surface area contributed by atoms with Gasteiger partial charge in [0.1, 0.15) is 5.75 Å². The summed E-state index contributed by atoms with van der Waals surface area (Å²) in [5.41, 5.74) is -0.0423. The molecule has 0 saturated heterocycles. The molecule has 0 unspecified atom stereocenters. The van der Waals surface area contributed by atoms with Gasteiger partial charge >= 0.3 is 0 Å². The van der Waals surface area contributed by atoms with Crippen molar-refractivity contribution in [1.29, 1.82) is 0 Å². The van der Waals surface area contributed by atoms with E-state index in [0.717, 1.165) is 18.4 Å². The monoisotopic (exact) mass is 249 g/mol. The summed E-state index contributed by atoms with van der Waals surface area (Å²) < 4.78 is 5.37. The van der Waals surface area contributed by atoms with E-state index >= 15 is 0 Å². The smallest absolute Gasteiger partial charge is 0.258 e. The Kier molecular flexibility index (Phi) is 3.57. The molecule has 1 aliphatic rings. The first-order chi connectivity index (χ1) is 8.45. The highest BCUT2D eigenvalue weighted by atomic mass is 16.5. The molecule has 0 aromatic heterocycles. The second-order valence-corrected chi connectivity index (χ2v) is 5.21. The second kappa shape index (κ2) is 4.98. The van der Waals surface area contributed by atoms with Crippen molar-refractivity contribution in [3.8, 4) is 5.75 Å². The zero-order valence-electron chi connectivity index (χ0n) is 10.8. The quantitative estimate of drug-likeness (QED) is 0.832. The standard InChI is InChI=1S/C14H19NO3/c1-14(2,17)10-3-7-12(8-4-10)18-9-13(16)15-11-5-6-11/h3-4,7-8,11,17H,5-6,9H2,1-2H3,(H,15,16). The van der Waals surface area contributed by atoms with Gasteiger partial charge in [-0.1, -0.05) is 12.1 Å². The van der Waals surface area contributed by atoms with Crippen LogP contribution in [0.1, 0.15) is 32.3 Å². The Morgan fingerprint density at radius 1 is 1.39 bits per heavy atom. The normalized spacial score (nSPS) is 15.3. The van der Waals surface area contributed by atoms with Crippen molar-refractivity contribution in [2.45, 2.75) is 38.3 Å². The SMILES string of the molecule is CC(C)(O)c1ccc(OCC(=O)NC2CC2)cc1. The third kappa shape index (κ3) is 3.74. The van der Waals surface area contributed by atoms with E-state index in [9.17, 15) is 9.90 Å². The average molecular weight is 249 g/mol. The van der Waals surface area contributed by atoms with Gasteiger partial charge < -0.3 is 15.2 Å². The second-order valence-electron chi connectivity index (χ2n) is 5.21. The van der Waals surface area contributed by atoms with Crippen LogP contribution in [0.2, 0.25) is 0 Å². The van der Waals surface area contributed by atoms with Gasteiger partial charge in [0.25, 0.3) is 5.91 Å². The Labute approximate surface area is 107 Å². The van der Waals surface area contributed by atoms with Crippen LogP contribution in [-0.2, 0) is 10.4 Å². The molecular weight excluding hydrogens is 230 g/mol. The van der Waals surface area contributed by atoms with Crippen LogP contribution < -0.4 is 10.1 Å². The van der Waals surface area contributed by atoms with Crippen LogP contribution in [0.4, 0.5) is 0 Å². The molecule has 1 aliphatic carbocycles. The number of carbonyl (C=O) groups excluding carboxylic acids is 1. The Morgan fingerprint density at radius 3 is 2.50 bits per heavy atom. The zero-order valence-corrected chi connectivity index (χ0v) is 10.8. The van der Waals surface area contributed by atoms with Gasteiger partial charge in [0, 0.05) is 6.04 Å². The number of ether oxygens (including phenoxy) is 1. The third-order valence-electron chi connectivity index (χ3n) is 2.87. The molecule has 0 heterocycles. The van der Waals surface area contributed by atoms with Gasteiger partial charge in [0.2, 0.25) is 0 Å². The van der Waals surface area contributed by atoms with E-state index in [2.05, 4.69) is 5.32 Å². The van der Waals surface area contributed by atoms with Gasteiger partial charge in [-0.05, 0) is 44.4 Å². The molecule has 1 aromatic carbocycles. The molecule has 1 fully saturated rings. The van der Waals surface area contributed by atoms with Crippen molar-refractivity contribution in [2.75, 3.05) is 6.61 Å². The third-order valence-corrected chi connectivity index (χ3v) is 2.87. The van der Waals surface area contributed by atoms with Crippen LogP contribution in [0, 0.1) is 0 Å². The van der Waals surface area contributed by atoms with Crippen LogP contribution in [0.15, 0.2) is 24.3 Å². The van der Waals surface area contributed by atoms with Gasteiger partial charge in [-0.15, -0.1) is 0 Å². The van der Waals surface area contributed by atoms with E-state index in [1.165, 1.54) is 0 Å². The fourth-order valence-electron chi connectivity index (χ4n) is 1.60. The molecule has 1 aromatic rings. The number of aliphatic hydroxyl groups is 1. The Morgan fingerprint density at radius 2 is 2.00 bits per heavy atom. The minimum atomic E-state index is -0.859. The van der Waals surface area contributed by atoms with Gasteiger partial charge in [-0.2, -0.15) is 0 Å². The van der Waals surface area contributed by atoms with Crippen LogP contribution in [-0.4, -0.2) is 23.7 Å². The summed E-state index contributed by atoms with van der Waals surface area (Å²) in [6.45, 7) is 3.50. The minimum absolute atomic E-state index is 0.0400. The molecule has 1 saturated carbocycles. The average Bonchev–Trinajstić information content (AvgIpc) is 3.10. The lowest BCUT2D eigenvalue weighted by Crippen LogP contribution is -2.30. The molecule has 1 amide bonds. The van der Waals surface area contributed by atoms with E-state index in [1.807, 2.05) is 0 Å². The Hall–Kier alpha value is -1.55. The highest BCUT2D eigenvalue weighted by Crippen LogP contribution is 2.22. The van der Waals surface area contributed by atoms with Crippen LogP contribution >= 0.6 is 0 Å². The van der Waals surface area contributed by atoms with Crippen LogP contribution in [0.3, 0.4) is 0 Å². The van der Waals surface area contributed by atoms with Gasteiger partial charge in [0.05, 0.1) is 5.60 Å². The summed E-state index contributed by atoms with van der Waals surface area (Å²) in [7, 11) is 0. The molecule has 18 heavy (non-hydrogen) atoms. The fraction of sp³-hybridized carbons (Fsp3) is 0.500. The first-order valence-corrected chi connectivity index (χ1v) is 6.20. The molecule has 98 valence electrons. The molecule has 0 radical (unpaired) electrons. The lowest BCUT2D eigenvalue weighted by Gasteiger charge is -2.17. The van der Waals surface area contributed by atoms with Crippen molar-refractivity contribution in [2.24, 2.45) is 0 Å². The molecule has 0 aliphatic heterocycles. The van der Waals surface area contributed by atoms with E-state index in [1.54, 1.807) is 38.1 Å². The first-order valence-electron chi connectivity index (χ1n) is 6.20. The van der Waals surface area contributed by atoms with E-state index in [-0.39, 0.29) is 12.5 Å². The summed E-state index contributed by atoms with van der Waals surface area (Å²) in [6.07, 6.45) is 2.15. The fourth-order valence-corrected chi connectivity index (χ4v) is 1.60. The molecule has 0 bridgehead atoms. The number of carbonyl (C=O) groups is 1. The maximum Gasteiger partial charge on any atom is 0.258 e. The first kappa shape index (κ1) is 12.9. The minimum Gasteiger partial charge on any atom is -0.484 e. The molecule has 0 atom stereocenters. The van der Waals surface area contributed by atoms with Crippen LogP contribution in [0.25, 0.3) is 0 Å². The highest BCUT2D eigenvalue weighted by Gasteiger charge is 2.23. The van der Waals surface area contributed by atoms with Gasteiger partial charge in [0.15, 0.2) is 6.61 Å². The molecule has 2 rings (SSSR count). The van der Waals surface area contributed by atoms with Crippen molar-refractivity contribution in [3.63, 3.8) is 0 Å². The van der Waals surface area contributed by atoms with Gasteiger partial charge in [-0.3, -0.25) is 4.79 Å². The molecule has 4 nitrogen and oxygen atoms in total. The van der Waals surface area contributed by atoms with Crippen molar-refractivity contribution < 1.29 is 14.6 Å². The van der Waals surface area contributed by atoms with Gasteiger partial charge in [-0.25, -0.2) is 0 Å². The maximum absolute atomic E-state index is 11.4. The summed E-state index contributed by atoms with van der Waals surface area (Å²) in [4.78, 5) is 11.4. The topological polar surface area (TPSA) is 58.6 Å². The summed E-state index contributed by atoms with van der Waals surface area (Å²) in [5, 5.41) is 12.7. The van der Waals surface area contributed by atoms with Crippen molar-refractivity contribution >= 4 is 5.91 Å². The predicted molar refractivity (Wildman–Crippen MR) is 68.3 cm³/mol. The maximum atomic E-state index is 11.4. The van der Waals surface area contributed by atoms with Crippen molar-refractivity contribution in [3.05, 3.63) is 29.8 Å². The number of rotatable bonds is 5. The molecule has 2 N–H and O–H groups in total. The predicted octanol–water partition coefficient (Wildman–Crippen LogP) is 1.57. The number of hydrogen-bond donors (Lipinski definition) is 2. The number of amides is 1. The molecule has 4 heteroatoms. The summed E-state index contributed by atoms with van der Waals surface area (Å²) >= 11 is 0. The zero-order chi connectivity index (χ0) is 13.2. The number of benzene rings is 1. The summed E-state index contributed by atoms with van der Waals surface area (Å²) in [5.74, 6) is 0.554. The van der Waals surface area contributed by atoms with E-state index < -0.39 is 5.60 Å². The Balaban J connectivity index is 1.84. The highest BCUT2D eigenvalue weighted by molar-refractivity contribution is 5.78. The lowest BCUT2D eigenvalue weighted by molar-refractivity contribution is -0.123. The lowest BCUT2D eigenvalue weighted by atomic mass is 9.99. The Bertz CT molecular complexity index is 416. The molecular formula is C14H19NO3.